The Hall–Kier alpha value is -2.64. The molecule has 0 saturated heterocycles. The molecule has 0 atom stereocenters. The zero-order valence-electron chi connectivity index (χ0n) is 15.4. The van der Waals surface area contributed by atoms with Crippen LogP contribution in [0.3, 0.4) is 0 Å². The smallest absolute Gasteiger partial charge is 0.0725 e. The molecule has 0 N–H and O–H groups in total. The molecule has 3 aromatic rings. The number of benzene rings is 3. The molecule has 1 heteroatoms. The Balaban J connectivity index is 0.000000872. The van der Waals surface area contributed by atoms with Crippen LogP contribution in [-0.2, 0) is 5.41 Å². The molecule has 0 radical (unpaired) electrons. The maximum Gasteiger partial charge on any atom is 0.0725 e. The molecule has 132 valence electrons. The lowest BCUT2D eigenvalue weighted by Crippen LogP contribution is -2.26. The summed E-state index contributed by atoms with van der Waals surface area (Å²) in [5.74, 6) is 1.81. The maximum absolute atomic E-state index is 4.18. The summed E-state index contributed by atoms with van der Waals surface area (Å²) in [6.07, 6.45) is 4.00. The molecule has 27 heavy (non-hydrogen) atoms. The Morgan fingerprint density at radius 3 is 1.48 bits per heavy atom. The van der Waals surface area contributed by atoms with Crippen LogP contribution in [-0.4, -0.2) is 5.83 Å². The fraction of sp³-hybridized carbons (Fsp3) is 0.0769. The number of hydrogen-bond donors (Lipinski definition) is 0. The van der Waals surface area contributed by atoms with E-state index in [1.807, 2.05) is 18.0 Å². The molecule has 2 aliphatic rings. The SMILES string of the molecule is C=CC1=C(C=C)C2(c3ccccc31)c1ccccc1-c1ccccc12.CBr. The molecule has 0 fully saturated rings. The standard InChI is InChI=1S/C25H18.CH3Br/c1-3-17-18-11-5-8-14-22(18)25(21(17)4-2)23-15-9-6-12-19(23)20-13-7-10-16-24(20)25;1-2/h3-16H,1-2H2;1H3. The van der Waals surface area contributed by atoms with Crippen molar-refractivity contribution in [3.63, 3.8) is 0 Å². The first kappa shape index (κ1) is 17.8. The normalized spacial score (nSPS) is 14.7. The zero-order chi connectivity index (χ0) is 19.0. The topological polar surface area (TPSA) is 0 Å². The van der Waals surface area contributed by atoms with Crippen molar-refractivity contribution in [2.45, 2.75) is 5.41 Å². The minimum absolute atomic E-state index is 0.283. The number of rotatable bonds is 2. The maximum atomic E-state index is 4.18. The molecule has 0 aliphatic heterocycles. The van der Waals surface area contributed by atoms with E-state index in [-0.39, 0.29) is 5.41 Å². The minimum Gasteiger partial charge on any atom is -0.0987 e. The highest BCUT2D eigenvalue weighted by Gasteiger charge is 2.51. The first-order valence-electron chi connectivity index (χ1n) is 9.00. The van der Waals surface area contributed by atoms with Crippen molar-refractivity contribution in [1.29, 1.82) is 0 Å². The highest BCUT2D eigenvalue weighted by molar-refractivity contribution is 9.08. The van der Waals surface area contributed by atoms with Gasteiger partial charge in [0, 0.05) is 0 Å². The quantitative estimate of drug-likeness (QED) is 0.391. The molecule has 0 amide bonds. The highest BCUT2D eigenvalue weighted by Crippen LogP contribution is 2.61. The van der Waals surface area contributed by atoms with Crippen molar-refractivity contribution >= 4 is 21.5 Å². The highest BCUT2D eigenvalue weighted by atomic mass is 79.9. The van der Waals surface area contributed by atoms with Gasteiger partial charge in [0.1, 0.15) is 0 Å². The van der Waals surface area contributed by atoms with E-state index in [9.17, 15) is 0 Å². The summed E-state index contributed by atoms with van der Waals surface area (Å²) in [4.78, 5) is 0. The third kappa shape index (κ3) is 2.15. The van der Waals surface area contributed by atoms with Crippen molar-refractivity contribution in [2.75, 3.05) is 5.83 Å². The molecule has 0 bridgehead atoms. The third-order valence-corrected chi connectivity index (χ3v) is 5.68. The van der Waals surface area contributed by atoms with E-state index in [0.717, 1.165) is 0 Å². The van der Waals surface area contributed by atoms with Gasteiger partial charge in [-0.25, -0.2) is 0 Å². The molecular weight excluding hydrogens is 392 g/mol. The second-order valence-electron chi connectivity index (χ2n) is 6.62. The van der Waals surface area contributed by atoms with Gasteiger partial charge >= 0.3 is 0 Å². The monoisotopic (exact) mass is 412 g/mol. The van der Waals surface area contributed by atoms with Crippen molar-refractivity contribution < 1.29 is 0 Å². The molecule has 5 rings (SSSR count). The van der Waals surface area contributed by atoms with Gasteiger partial charge in [-0.15, -0.1) is 0 Å². The molecular formula is C26H21Br. The van der Waals surface area contributed by atoms with Crippen LogP contribution in [0, 0.1) is 0 Å². The third-order valence-electron chi connectivity index (χ3n) is 5.68. The Kier molecular flexibility index (Phi) is 4.49. The lowest BCUT2D eigenvalue weighted by atomic mass is 9.69. The summed E-state index contributed by atoms with van der Waals surface area (Å²) in [5, 5.41) is 0. The summed E-state index contributed by atoms with van der Waals surface area (Å²) >= 11 is 2.94. The van der Waals surface area contributed by atoms with Crippen LogP contribution in [0.4, 0.5) is 0 Å². The van der Waals surface area contributed by atoms with Gasteiger partial charge in [-0.1, -0.05) is 114 Å². The minimum atomic E-state index is -0.283. The van der Waals surface area contributed by atoms with E-state index in [1.54, 1.807) is 0 Å². The van der Waals surface area contributed by atoms with E-state index in [4.69, 9.17) is 0 Å². The molecule has 0 saturated carbocycles. The van der Waals surface area contributed by atoms with Gasteiger partial charge in [0.15, 0.2) is 0 Å². The van der Waals surface area contributed by atoms with Crippen LogP contribution >= 0.6 is 15.9 Å². The van der Waals surface area contributed by atoms with E-state index in [1.165, 1.54) is 44.5 Å². The van der Waals surface area contributed by atoms with Crippen LogP contribution < -0.4 is 0 Å². The van der Waals surface area contributed by atoms with E-state index in [0.29, 0.717) is 0 Å². The molecule has 0 heterocycles. The number of halogens is 1. The van der Waals surface area contributed by atoms with Crippen LogP contribution in [0.5, 0.6) is 0 Å². The van der Waals surface area contributed by atoms with Gasteiger partial charge in [-0.2, -0.15) is 0 Å². The van der Waals surface area contributed by atoms with Gasteiger partial charge in [0.05, 0.1) is 5.41 Å². The van der Waals surface area contributed by atoms with Gasteiger partial charge < -0.3 is 0 Å². The van der Waals surface area contributed by atoms with Crippen LogP contribution in [0.1, 0.15) is 22.3 Å². The number of hydrogen-bond acceptors (Lipinski definition) is 0. The predicted molar refractivity (Wildman–Crippen MR) is 120 cm³/mol. The summed E-state index contributed by atoms with van der Waals surface area (Å²) in [7, 11) is 0. The first-order chi connectivity index (χ1) is 13.3. The average molecular weight is 413 g/mol. The first-order valence-corrected chi connectivity index (χ1v) is 10.6. The summed E-state index contributed by atoms with van der Waals surface area (Å²) < 4.78 is 0. The number of alkyl halides is 1. The van der Waals surface area contributed by atoms with Crippen LogP contribution in [0.15, 0.2) is 104 Å². The Labute approximate surface area is 169 Å². The average Bonchev–Trinajstić information content (AvgIpc) is 3.21. The second-order valence-corrected chi connectivity index (χ2v) is 6.62. The van der Waals surface area contributed by atoms with Gasteiger partial charge in [-0.3, -0.25) is 0 Å². The summed E-state index contributed by atoms with van der Waals surface area (Å²) in [6.45, 7) is 8.28. The van der Waals surface area contributed by atoms with Crippen molar-refractivity contribution in [3.8, 4) is 11.1 Å². The van der Waals surface area contributed by atoms with Crippen molar-refractivity contribution in [3.05, 3.63) is 126 Å². The number of allylic oxidation sites excluding steroid dienone is 4. The molecule has 0 nitrogen and oxygen atoms in total. The lowest BCUT2D eigenvalue weighted by Gasteiger charge is -2.31. The van der Waals surface area contributed by atoms with E-state index in [2.05, 4.69) is 102 Å². The van der Waals surface area contributed by atoms with E-state index >= 15 is 0 Å². The zero-order valence-corrected chi connectivity index (χ0v) is 17.0. The van der Waals surface area contributed by atoms with Crippen LogP contribution in [0.25, 0.3) is 16.7 Å². The largest absolute Gasteiger partial charge is 0.0987 e. The van der Waals surface area contributed by atoms with Gasteiger partial charge in [0.25, 0.3) is 0 Å². The van der Waals surface area contributed by atoms with Crippen LogP contribution in [0.2, 0.25) is 0 Å². The number of fused-ring (bicyclic) bond motifs is 7. The van der Waals surface area contributed by atoms with Gasteiger partial charge in [0.2, 0.25) is 0 Å². The molecule has 0 aromatic heterocycles. The molecule has 3 aromatic carbocycles. The fourth-order valence-corrected chi connectivity index (χ4v) is 4.84. The molecule has 0 unspecified atom stereocenters. The molecule has 2 aliphatic carbocycles. The predicted octanol–water partition coefficient (Wildman–Crippen LogP) is 7.15. The Bertz CT molecular complexity index is 1040. The van der Waals surface area contributed by atoms with E-state index < -0.39 is 0 Å². The Morgan fingerprint density at radius 1 is 0.630 bits per heavy atom. The molecule has 1 spiro atoms. The summed E-state index contributed by atoms with van der Waals surface area (Å²) in [6, 6.07) is 26.2. The van der Waals surface area contributed by atoms with Crippen molar-refractivity contribution in [2.24, 2.45) is 0 Å². The fourth-order valence-electron chi connectivity index (χ4n) is 4.84. The second kappa shape index (κ2) is 6.83. The van der Waals surface area contributed by atoms with Crippen molar-refractivity contribution in [1.82, 2.24) is 0 Å². The summed E-state index contributed by atoms with van der Waals surface area (Å²) in [5.41, 5.74) is 10.1. The van der Waals surface area contributed by atoms with Gasteiger partial charge in [-0.05, 0) is 50.4 Å². The lowest BCUT2D eigenvalue weighted by molar-refractivity contribution is 0.787. The Morgan fingerprint density at radius 2 is 1.04 bits per heavy atom.